The average molecular weight is 670 g/mol. The Morgan fingerprint density at radius 1 is 1.02 bits per heavy atom. The zero-order chi connectivity index (χ0) is 35.2. The summed E-state index contributed by atoms with van der Waals surface area (Å²) in [5.74, 6) is -3.17. The number of halogens is 6. The first-order chi connectivity index (χ1) is 21.8. The molecule has 2 amide bonds. The molecule has 0 saturated carbocycles. The van der Waals surface area contributed by atoms with Crippen molar-refractivity contribution in [3.63, 3.8) is 0 Å². The lowest BCUT2D eigenvalue weighted by atomic mass is 9.98. The number of carbonyl (C=O) groups is 2. The molecule has 47 heavy (non-hydrogen) atoms. The molecule has 0 spiro atoms. The number of alkyl halides is 6. The van der Waals surface area contributed by atoms with Gasteiger partial charge in [0.1, 0.15) is 11.3 Å². The molecule has 0 aliphatic carbocycles. The molecule has 3 aromatic rings. The number of hydrogen-bond donors (Lipinski definition) is 1. The number of rotatable bonds is 12. The first-order valence-electron chi connectivity index (χ1n) is 14.0. The fraction of sp³-hybridized carbons (Fsp3) is 0.387. The average Bonchev–Trinajstić information content (AvgIpc) is 3.46. The number of amides is 2. The van der Waals surface area contributed by atoms with Crippen LogP contribution in [-0.4, -0.2) is 57.5 Å². The van der Waals surface area contributed by atoms with Gasteiger partial charge in [0.15, 0.2) is 5.69 Å². The van der Waals surface area contributed by atoms with Crippen LogP contribution in [0.15, 0.2) is 66.1 Å². The monoisotopic (exact) mass is 669 g/mol. The molecule has 1 N–H and O–H groups in total. The third kappa shape index (κ3) is 8.96. The third-order valence-electron chi connectivity index (χ3n) is 6.37. The van der Waals surface area contributed by atoms with E-state index in [1.54, 1.807) is 18.2 Å². The van der Waals surface area contributed by atoms with E-state index in [0.29, 0.717) is 11.6 Å². The smallest absolute Gasteiger partial charge is 0.426 e. The summed E-state index contributed by atoms with van der Waals surface area (Å²) >= 11 is 0. The summed E-state index contributed by atoms with van der Waals surface area (Å²) in [5.41, 5.74) is -8.13. The van der Waals surface area contributed by atoms with Crippen molar-refractivity contribution >= 4 is 17.7 Å². The first-order valence-corrected chi connectivity index (χ1v) is 14.0. The minimum absolute atomic E-state index is 0.0341. The molecule has 254 valence electrons. The molecule has 2 aromatic heterocycles. The molecule has 0 aliphatic heterocycles. The van der Waals surface area contributed by atoms with E-state index >= 15 is 0 Å². The van der Waals surface area contributed by atoms with Crippen molar-refractivity contribution in [3.8, 4) is 11.6 Å². The van der Waals surface area contributed by atoms with Crippen LogP contribution in [-0.2, 0) is 27.9 Å². The van der Waals surface area contributed by atoms with Crippen LogP contribution in [0.25, 0.3) is 11.6 Å². The van der Waals surface area contributed by atoms with Crippen LogP contribution in [0.2, 0.25) is 0 Å². The van der Waals surface area contributed by atoms with Gasteiger partial charge in [-0.1, -0.05) is 42.5 Å². The summed E-state index contributed by atoms with van der Waals surface area (Å²) in [7, 11) is 1.22. The summed E-state index contributed by atoms with van der Waals surface area (Å²) in [5, 5.41) is 9.27. The van der Waals surface area contributed by atoms with Crippen LogP contribution >= 0.6 is 0 Å². The molecular weight excluding hydrogens is 636 g/mol. The van der Waals surface area contributed by atoms with Gasteiger partial charge in [-0.05, 0) is 38.8 Å². The number of carbonyl (C=O) groups excluding carboxylic acids is 2. The Hall–Kier alpha value is -4.73. The Balaban J connectivity index is 2.25. The lowest BCUT2D eigenvalue weighted by Crippen LogP contribution is -2.45. The lowest BCUT2D eigenvalue weighted by Gasteiger charge is -2.31. The van der Waals surface area contributed by atoms with Crippen LogP contribution in [0.4, 0.5) is 36.8 Å². The molecule has 1 aromatic carbocycles. The normalized spacial score (nSPS) is 13.4. The Bertz CT molecular complexity index is 1580. The van der Waals surface area contributed by atoms with E-state index in [1.165, 1.54) is 46.0 Å². The van der Waals surface area contributed by atoms with Crippen molar-refractivity contribution in [2.24, 2.45) is 0 Å². The second-order valence-electron chi connectivity index (χ2n) is 11.2. The van der Waals surface area contributed by atoms with Crippen LogP contribution < -0.4 is 5.32 Å². The van der Waals surface area contributed by atoms with Gasteiger partial charge in [0, 0.05) is 20.0 Å². The van der Waals surface area contributed by atoms with Crippen LogP contribution in [0.5, 0.6) is 0 Å². The predicted octanol–water partition coefficient (Wildman–Crippen LogP) is 7.70. The number of ether oxygens (including phenoxy) is 2. The van der Waals surface area contributed by atoms with Crippen LogP contribution in [0.3, 0.4) is 0 Å². The molecule has 10 nitrogen and oxygen atoms in total. The molecule has 0 bridgehead atoms. The second-order valence-corrected chi connectivity index (χ2v) is 11.2. The second kappa shape index (κ2) is 14.4. The van der Waals surface area contributed by atoms with Gasteiger partial charge in [-0.3, -0.25) is 10.1 Å². The number of hydrogen-bond acceptors (Lipinski definition) is 8. The van der Waals surface area contributed by atoms with Crippen molar-refractivity contribution in [3.05, 3.63) is 84.4 Å². The Kier molecular flexibility index (Phi) is 11.2. The topological polar surface area (TPSA) is 120 Å². The van der Waals surface area contributed by atoms with Gasteiger partial charge in [-0.2, -0.15) is 26.3 Å². The van der Waals surface area contributed by atoms with E-state index in [-0.39, 0.29) is 13.0 Å². The molecule has 0 aliphatic rings. The first kappa shape index (κ1) is 36.7. The third-order valence-corrected chi connectivity index (χ3v) is 6.37. The van der Waals surface area contributed by atoms with Crippen LogP contribution in [0.1, 0.15) is 61.1 Å². The van der Waals surface area contributed by atoms with Gasteiger partial charge >= 0.3 is 18.4 Å². The van der Waals surface area contributed by atoms with Gasteiger partial charge in [0.25, 0.3) is 17.7 Å². The van der Waals surface area contributed by atoms with E-state index < -0.39 is 83.0 Å². The number of benzene rings is 1. The highest BCUT2D eigenvalue weighted by molar-refractivity contribution is 5.97. The number of pyridine rings is 1. The molecule has 16 heteroatoms. The fourth-order valence-corrected chi connectivity index (χ4v) is 4.12. The summed E-state index contributed by atoms with van der Waals surface area (Å²) in [6, 6.07) is 8.28. The molecule has 0 saturated heterocycles. The van der Waals surface area contributed by atoms with E-state index in [2.05, 4.69) is 33.7 Å². The maximum absolute atomic E-state index is 14.7. The van der Waals surface area contributed by atoms with E-state index in [1.807, 2.05) is 0 Å². The van der Waals surface area contributed by atoms with Crippen molar-refractivity contribution < 1.29 is 49.8 Å². The minimum atomic E-state index is -5.17. The molecule has 1 atom stereocenters. The zero-order valence-electron chi connectivity index (χ0n) is 26.0. The quantitative estimate of drug-likeness (QED) is 0.154. The molecular formula is C31H33F6N5O5. The van der Waals surface area contributed by atoms with Crippen molar-refractivity contribution in [2.45, 2.75) is 63.8 Å². The van der Waals surface area contributed by atoms with Crippen LogP contribution in [0, 0.1) is 0 Å². The predicted molar refractivity (Wildman–Crippen MR) is 158 cm³/mol. The Labute approximate surface area is 266 Å². The highest BCUT2D eigenvalue weighted by atomic mass is 19.4. The van der Waals surface area contributed by atoms with Gasteiger partial charge in [0.2, 0.25) is 5.60 Å². The highest BCUT2D eigenvalue weighted by Gasteiger charge is 2.61. The molecule has 1 unspecified atom stereocenters. The van der Waals surface area contributed by atoms with E-state index in [0.717, 1.165) is 11.0 Å². The number of nitrogens with zero attached hydrogens (tertiary/aromatic N) is 4. The molecule has 2 heterocycles. The summed E-state index contributed by atoms with van der Waals surface area (Å²) in [6.07, 6.45) is -9.87. The number of nitrogens with one attached hydrogen (secondary N) is 1. The maximum atomic E-state index is 14.7. The Morgan fingerprint density at radius 2 is 1.68 bits per heavy atom. The van der Waals surface area contributed by atoms with Gasteiger partial charge in [0.05, 0.1) is 17.9 Å². The van der Waals surface area contributed by atoms with E-state index in [9.17, 15) is 35.9 Å². The highest BCUT2D eigenvalue weighted by Crippen LogP contribution is 2.46. The van der Waals surface area contributed by atoms with Crippen molar-refractivity contribution in [1.82, 2.24) is 20.1 Å². The molecule has 3 rings (SSSR count). The fourth-order valence-electron chi connectivity index (χ4n) is 4.12. The molecule has 0 radical (unpaired) electrons. The summed E-state index contributed by atoms with van der Waals surface area (Å²) in [6.45, 7) is 10.8. The Morgan fingerprint density at radius 3 is 2.23 bits per heavy atom. The van der Waals surface area contributed by atoms with Gasteiger partial charge < -0.3 is 18.8 Å². The van der Waals surface area contributed by atoms with E-state index in [4.69, 9.17) is 13.9 Å². The number of anilines is 1. The summed E-state index contributed by atoms with van der Waals surface area (Å²) in [4.78, 5) is 30.6. The van der Waals surface area contributed by atoms with Crippen molar-refractivity contribution in [2.75, 3.05) is 18.9 Å². The maximum Gasteiger partial charge on any atom is 0.426 e. The number of aromatic nitrogens is 3. The largest absolute Gasteiger partial charge is 0.444 e. The van der Waals surface area contributed by atoms with Gasteiger partial charge in [-0.25, -0.2) is 9.78 Å². The summed E-state index contributed by atoms with van der Waals surface area (Å²) < 4.78 is 103. The van der Waals surface area contributed by atoms with Crippen molar-refractivity contribution in [1.29, 1.82) is 0 Å². The lowest BCUT2D eigenvalue weighted by molar-refractivity contribution is -0.295. The molecule has 0 fully saturated rings. The standard InChI is InChI=1S/C31H33F6N5O5/c1-7-9-16-42(6)25(43)22-20(30(32,33)34)17-21(38-27(44)47-28(3,4)5)23(39-22)24-40-41-26(46-24)29(15-8-2,31(35,36)37)45-18-19-13-11-10-12-14-19/h7-8,10-14,17H,1-2,9,15-16,18H2,3-6H3,(H,38,44). The van der Waals surface area contributed by atoms with Gasteiger partial charge in [-0.15, -0.1) is 23.4 Å². The zero-order valence-corrected chi connectivity index (χ0v) is 26.0. The SMILES string of the molecule is C=CCCN(C)C(=O)c1nc(-c2nnc(C(CC=C)(OCc3ccccc3)C(F)(F)F)o2)c(NC(=O)OC(C)(C)C)cc1C(F)(F)F. The minimum Gasteiger partial charge on any atom is -0.444 e.